The third-order valence-electron chi connectivity index (χ3n) is 3.81. The van der Waals surface area contributed by atoms with Crippen molar-refractivity contribution in [1.29, 1.82) is 5.26 Å². The summed E-state index contributed by atoms with van der Waals surface area (Å²) in [7, 11) is 0. The zero-order chi connectivity index (χ0) is 16.4. The summed E-state index contributed by atoms with van der Waals surface area (Å²) in [5, 5.41) is 14.9. The summed E-state index contributed by atoms with van der Waals surface area (Å²) in [6, 6.07) is 23.7. The average molecular weight is 311 g/mol. The Morgan fingerprint density at radius 3 is 2.67 bits per heavy atom. The minimum absolute atomic E-state index is 0.312. The van der Waals surface area contributed by atoms with Crippen molar-refractivity contribution in [2.24, 2.45) is 0 Å². The van der Waals surface area contributed by atoms with Gasteiger partial charge in [0.15, 0.2) is 5.58 Å². The molecule has 0 fully saturated rings. The zero-order valence-corrected chi connectivity index (χ0v) is 12.7. The molecule has 0 amide bonds. The summed E-state index contributed by atoms with van der Waals surface area (Å²) in [5.41, 5.74) is 2.67. The van der Waals surface area contributed by atoms with Crippen LogP contribution in [0.5, 0.6) is 0 Å². The molecule has 0 radical (unpaired) electrons. The molecule has 1 aromatic heterocycles. The van der Waals surface area contributed by atoms with Crippen molar-refractivity contribution in [3.05, 3.63) is 78.8 Å². The molecule has 4 aromatic rings. The highest BCUT2D eigenvalue weighted by Crippen LogP contribution is 2.25. The molecule has 4 heteroatoms. The van der Waals surface area contributed by atoms with Crippen molar-refractivity contribution in [3.8, 4) is 6.07 Å². The predicted octanol–water partition coefficient (Wildman–Crippen LogP) is 4.96. The van der Waals surface area contributed by atoms with Gasteiger partial charge in [-0.2, -0.15) is 5.26 Å². The highest BCUT2D eigenvalue weighted by Gasteiger charge is 2.10. The number of nitrogens with zero attached hydrogens (tertiary/aromatic N) is 2. The lowest BCUT2D eigenvalue weighted by Crippen LogP contribution is -1.92. The quantitative estimate of drug-likeness (QED) is 0.543. The van der Waals surface area contributed by atoms with Crippen molar-refractivity contribution < 1.29 is 4.42 Å². The maximum absolute atomic E-state index is 9.44. The summed E-state index contributed by atoms with van der Waals surface area (Å²) in [6.45, 7) is 0. The first-order valence-electron chi connectivity index (χ1n) is 7.56. The van der Waals surface area contributed by atoms with E-state index in [1.165, 1.54) is 0 Å². The number of anilines is 1. The predicted molar refractivity (Wildman–Crippen MR) is 95.2 cm³/mol. The topological polar surface area (TPSA) is 61.9 Å². The maximum Gasteiger partial charge on any atom is 0.239 e. The summed E-state index contributed by atoms with van der Waals surface area (Å²) in [4.78, 5) is 4.36. The van der Waals surface area contributed by atoms with Crippen LogP contribution in [-0.4, -0.2) is 4.98 Å². The third kappa shape index (κ3) is 2.49. The van der Waals surface area contributed by atoms with Crippen LogP contribution in [0.1, 0.15) is 5.89 Å². The van der Waals surface area contributed by atoms with Gasteiger partial charge < -0.3 is 9.73 Å². The van der Waals surface area contributed by atoms with Gasteiger partial charge >= 0.3 is 0 Å². The number of rotatable bonds is 3. The van der Waals surface area contributed by atoms with Crippen LogP contribution in [0.4, 0.5) is 5.69 Å². The van der Waals surface area contributed by atoms with Crippen LogP contribution in [0, 0.1) is 11.3 Å². The number of hydrogen-bond acceptors (Lipinski definition) is 4. The zero-order valence-electron chi connectivity index (χ0n) is 12.7. The fourth-order valence-corrected chi connectivity index (χ4v) is 2.63. The highest BCUT2D eigenvalue weighted by molar-refractivity contribution is 5.94. The Labute approximate surface area is 138 Å². The second-order valence-corrected chi connectivity index (χ2v) is 5.33. The SMILES string of the molecule is N#C/C(=C/Nc1cccc2ccccc12)c1nc2ccccc2o1. The number of para-hydroxylation sites is 2. The van der Waals surface area contributed by atoms with Crippen LogP contribution in [0.3, 0.4) is 0 Å². The third-order valence-corrected chi connectivity index (χ3v) is 3.81. The van der Waals surface area contributed by atoms with E-state index in [0.717, 1.165) is 22.0 Å². The smallest absolute Gasteiger partial charge is 0.239 e. The Kier molecular flexibility index (Phi) is 3.45. The van der Waals surface area contributed by atoms with Crippen molar-refractivity contribution in [1.82, 2.24) is 4.98 Å². The fraction of sp³-hybridized carbons (Fsp3) is 0. The van der Waals surface area contributed by atoms with Crippen LogP contribution in [0.25, 0.3) is 27.4 Å². The second kappa shape index (κ2) is 5.90. The van der Waals surface area contributed by atoms with E-state index in [0.29, 0.717) is 17.0 Å². The highest BCUT2D eigenvalue weighted by atomic mass is 16.3. The van der Waals surface area contributed by atoms with Gasteiger partial charge in [-0.25, -0.2) is 4.98 Å². The summed E-state index contributed by atoms with van der Waals surface area (Å²) in [5.74, 6) is 0.312. The molecule has 0 atom stereocenters. The Morgan fingerprint density at radius 2 is 1.79 bits per heavy atom. The summed E-state index contributed by atoms with van der Waals surface area (Å²) < 4.78 is 5.66. The van der Waals surface area contributed by atoms with Crippen molar-refractivity contribution >= 4 is 33.1 Å². The van der Waals surface area contributed by atoms with E-state index in [-0.39, 0.29) is 0 Å². The largest absolute Gasteiger partial charge is 0.435 e. The number of nitriles is 1. The molecule has 3 aromatic carbocycles. The monoisotopic (exact) mass is 311 g/mol. The second-order valence-electron chi connectivity index (χ2n) is 5.33. The van der Waals surface area contributed by atoms with Crippen molar-refractivity contribution in [3.63, 3.8) is 0 Å². The Balaban J connectivity index is 1.71. The standard InChI is InChI=1S/C20H13N3O/c21-12-15(20-23-18-9-3-4-11-19(18)24-20)13-22-17-10-5-7-14-6-1-2-8-16(14)17/h1-11,13,22H/b15-13-. The van der Waals surface area contributed by atoms with Crippen molar-refractivity contribution in [2.45, 2.75) is 0 Å². The van der Waals surface area contributed by atoms with Gasteiger partial charge in [0.25, 0.3) is 0 Å². The molecule has 1 N–H and O–H groups in total. The molecule has 0 saturated heterocycles. The van der Waals surface area contributed by atoms with Gasteiger partial charge in [0, 0.05) is 17.3 Å². The number of allylic oxidation sites excluding steroid dienone is 1. The van der Waals surface area contributed by atoms with Crippen LogP contribution in [-0.2, 0) is 0 Å². The van der Waals surface area contributed by atoms with E-state index in [4.69, 9.17) is 4.42 Å². The van der Waals surface area contributed by atoms with E-state index in [1.807, 2.05) is 54.6 Å². The Bertz CT molecular complexity index is 1060. The molecule has 4 rings (SSSR count). The normalized spacial score (nSPS) is 11.5. The first-order chi connectivity index (χ1) is 11.8. The van der Waals surface area contributed by atoms with E-state index in [9.17, 15) is 5.26 Å². The number of fused-ring (bicyclic) bond motifs is 2. The average Bonchev–Trinajstić information content (AvgIpc) is 3.06. The van der Waals surface area contributed by atoms with Gasteiger partial charge in [-0.15, -0.1) is 0 Å². The molecule has 0 unspecified atom stereocenters. The first kappa shape index (κ1) is 14.0. The lowest BCUT2D eigenvalue weighted by Gasteiger charge is -2.06. The van der Waals surface area contributed by atoms with Crippen LogP contribution in [0.15, 0.2) is 77.3 Å². The lowest BCUT2D eigenvalue weighted by atomic mass is 10.1. The van der Waals surface area contributed by atoms with E-state index in [2.05, 4.69) is 28.5 Å². The van der Waals surface area contributed by atoms with Crippen LogP contribution >= 0.6 is 0 Å². The van der Waals surface area contributed by atoms with E-state index >= 15 is 0 Å². The Hall–Kier alpha value is -3.58. The fourth-order valence-electron chi connectivity index (χ4n) is 2.63. The van der Waals surface area contributed by atoms with E-state index < -0.39 is 0 Å². The lowest BCUT2D eigenvalue weighted by molar-refractivity contribution is 0.586. The van der Waals surface area contributed by atoms with Gasteiger partial charge in [0.2, 0.25) is 5.89 Å². The molecule has 4 nitrogen and oxygen atoms in total. The molecule has 1 heterocycles. The van der Waals surface area contributed by atoms with Gasteiger partial charge in [0.05, 0.1) is 0 Å². The molecule has 0 aliphatic carbocycles. The molecule has 0 bridgehead atoms. The number of oxazole rings is 1. The number of nitrogens with one attached hydrogen (secondary N) is 1. The summed E-state index contributed by atoms with van der Waals surface area (Å²) in [6.07, 6.45) is 1.63. The van der Waals surface area contributed by atoms with Gasteiger partial charge in [0.1, 0.15) is 17.2 Å². The molecule has 0 spiro atoms. The molecule has 0 aliphatic heterocycles. The van der Waals surface area contributed by atoms with Gasteiger partial charge in [-0.1, -0.05) is 48.5 Å². The van der Waals surface area contributed by atoms with Crippen molar-refractivity contribution in [2.75, 3.05) is 5.32 Å². The van der Waals surface area contributed by atoms with Gasteiger partial charge in [-0.3, -0.25) is 0 Å². The Morgan fingerprint density at radius 1 is 1.00 bits per heavy atom. The molecular weight excluding hydrogens is 298 g/mol. The maximum atomic E-state index is 9.44. The number of benzene rings is 3. The minimum atomic E-state index is 0.312. The molecule has 0 saturated carbocycles. The summed E-state index contributed by atoms with van der Waals surface area (Å²) >= 11 is 0. The molecule has 114 valence electrons. The number of hydrogen-bond donors (Lipinski definition) is 1. The molecular formula is C20H13N3O. The van der Waals surface area contributed by atoms with Crippen LogP contribution < -0.4 is 5.32 Å². The van der Waals surface area contributed by atoms with E-state index in [1.54, 1.807) is 6.20 Å². The molecule has 0 aliphatic rings. The number of aromatic nitrogens is 1. The molecule has 24 heavy (non-hydrogen) atoms. The van der Waals surface area contributed by atoms with Crippen LogP contribution in [0.2, 0.25) is 0 Å². The first-order valence-corrected chi connectivity index (χ1v) is 7.56. The minimum Gasteiger partial charge on any atom is -0.435 e. The van der Waals surface area contributed by atoms with Gasteiger partial charge in [-0.05, 0) is 23.6 Å².